The summed E-state index contributed by atoms with van der Waals surface area (Å²) in [6.07, 6.45) is 1.43. The summed E-state index contributed by atoms with van der Waals surface area (Å²) >= 11 is 0. The first kappa shape index (κ1) is 15.5. The number of ketones is 1. The van der Waals surface area contributed by atoms with Crippen LogP contribution in [-0.2, 0) is 0 Å². The molecule has 0 aliphatic rings. The molecule has 0 saturated heterocycles. The third kappa shape index (κ3) is 4.27. The smallest absolute Gasteiger partial charge is 0.163 e. The number of carbonyl (C=O) groups excluding carboxylic acids is 1. The van der Waals surface area contributed by atoms with Gasteiger partial charge in [-0.25, -0.2) is 0 Å². The van der Waals surface area contributed by atoms with Crippen molar-refractivity contribution in [3.8, 4) is 11.5 Å². The van der Waals surface area contributed by atoms with Gasteiger partial charge >= 0.3 is 0 Å². The van der Waals surface area contributed by atoms with Crippen LogP contribution in [0, 0.1) is 12.3 Å². The molecule has 0 atom stereocenters. The van der Waals surface area contributed by atoms with E-state index in [2.05, 4.69) is 20.8 Å². The van der Waals surface area contributed by atoms with Crippen molar-refractivity contribution in [2.45, 2.75) is 40.5 Å². The third-order valence-electron chi connectivity index (χ3n) is 3.13. The number of benzene rings is 1. The van der Waals surface area contributed by atoms with Crippen LogP contribution in [0.1, 0.15) is 49.5 Å². The van der Waals surface area contributed by atoms with Crippen LogP contribution in [-0.4, -0.2) is 20.0 Å². The number of Topliss-reactive ketones (excluding diaryl/α,β-unsaturated/α-hetero) is 1. The van der Waals surface area contributed by atoms with Crippen LogP contribution in [0.2, 0.25) is 0 Å². The number of carbonyl (C=O) groups is 1. The van der Waals surface area contributed by atoms with Gasteiger partial charge in [0.15, 0.2) is 17.3 Å². The third-order valence-corrected chi connectivity index (χ3v) is 3.13. The van der Waals surface area contributed by atoms with E-state index in [4.69, 9.17) is 9.47 Å². The Balaban J connectivity index is 2.97. The number of hydrogen-bond donors (Lipinski definition) is 0. The summed E-state index contributed by atoms with van der Waals surface area (Å²) in [6.45, 7) is 8.34. The lowest BCUT2D eigenvalue weighted by atomic mass is 9.88. The highest BCUT2D eigenvalue weighted by molar-refractivity contribution is 5.98. The highest BCUT2D eigenvalue weighted by atomic mass is 16.5. The first-order valence-corrected chi connectivity index (χ1v) is 6.54. The van der Waals surface area contributed by atoms with Gasteiger partial charge in [-0.05, 0) is 36.5 Å². The summed E-state index contributed by atoms with van der Waals surface area (Å²) in [7, 11) is 3.18. The molecule has 3 nitrogen and oxygen atoms in total. The molecule has 0 aliphatic carbocycles. The first-order valence-electron chi connectivity index (χ1n) is 6.54. The van der Waals surface area contributed by atoms with E-state index in [1.807, 2.05) is 13.0 Å². The van der Waals surface area contributed by atoms with E-state index in [9.17, 15) is 4.79 Å². The van der Waals surface area contributed by atoms with Crippen molar-refractivity contribution in [1.29, 1.82) is 0 Å². The maximum absolute atomic E-state index is 12.3. The summed E-state index contributed by atoms with van der Waals surface area (Å²) in [5.74, 6) is 1.42. The fourth-order valence-electron chi connectivity index (χ4n) is 1.90. The molecule has 106 valence electrons. The van der Waals surface area contributed by atoms with Crippen LogP contribution in [0.4, 0.5) is 0 Å². The molecule has 1 aromatic carbocycles. The van der Waals surface area contributed by atoms with Gasteiger partial charge in [0, 0.05) is 12.0 Å². The zero-order chi connectivity index (χ0) is 14.6. The van der Waals surface area contributed by atoms with E-state index in [1.54, 1.807) is 20.3 Å². The van der Waals surface area contributed by atoms with Crippen LogP contribution in [0.25, 0.3) is 0 Å². The minimum absolute atomic E-state index is 0.161. The number of aryl methyl sites for hydroxylation is 1. The minimum atomic E-state index is 0.161. The monoisotopic (exact) mass is 264 g/mol. The first-order chi connectivity index (χ1) is 8.78. The normalized spacial score (nSPS) is 11.3. The Kier molecular flexibility index (Phi) is 4.98. The maximum Gasteiger partial charge on any atom is 0.163 e. The van der Waals surface area contributed by atoms with Crippen LogP contribution in [0.5, 0.6) is 11.5 Å². The number of rotatable bonds is 5. The molecule has 0 amide bonds. The lowest BCUT2D eigenvalue weighted by Gasteiger charge is -2.18. The zero-order valence-corrected chi connectivity index (χ0v) is 12.8. The Morgan fingerprint density at radius 2 is 1.63 bits per heavy atom. The summed E-state index contributed by atoms with van der Waals surface area (Å²) < 4.78 is 10.5. The Morgan fingerprint density at radius 3 is 2.11 bits per heavy atom. The molecule has 1 aromatic rings. The topological polar surface area (TPSA) is 35.5 Å². The highest BCUT2D eigenvalue weighted by Gasteiger charge is 2.17. The van der Waals surface area contributed by atoms with Gasteiger partial charge < -0.3 is 9.47 Å². The molecule has 19 heavy (non-hydrogen) atoms. The second-order valence-electron chi connectivity index (χ2n) is 6.01. The van der Waals surface area contributed by atoms with E-state index >= 15 is 0 Å². The van der Waals surface area contributed by atoms with Crippen molar-refractivity contribution in [2.24, 2.45) is 5.41 Å². The predicted molar refractivity (Wildman–Crippen MR) is 77.3 cm³/mol. The fraction of sp³-hybridized carbons (Fsp3) is 0.562. The van der Waals surface area contributed by atoms with Gasteiger partial charge in [-0.3, -0.25) is 4.79 Å². The van der Waals surface area contributed by atoms with E-state index < -0.39 is 0 Å². The lowest BCUT2D eigenvalue weighted by Crippen LogP contribution is -2.10. The molecule has 3 heteroatoms. The molecular weight excluding hydrogens is 240 g/mol. The summed E-state index contributed by atoms with van der Waals surface area (Å²) in [4.78, 5) is 12.3. The molecule has 0 heterocycles. The molecule has 0 unspecified atom stereocenters. The van der Waals surface area contributed by atoms with E-state index in [-0.39, 0.29) is 11.2 Å². The molecule has 0 N–H and O–H groups in total. The number of methoxy groups -OCH3 is 2. The second-order valence-corrected chi connectivity index (χ2v) is 6.01. The van der Waals surface area contributed by atoms with Gasteiger partial charge in [0.1, 0.15) is 0 Å². The fourth-order valence-corrected chi connectivity index (χ4v) is 1.90. The average Bonchev–Trinajstić information content (AvgIpc) is 2.34. The van der Waals surface area contributed by atoms with Gasteiger partial charge in [0.05, 0.1) is 14.2 Å². The summed E-state index contributed by atoms with van der Waals surface area (Å²) in [5, 5.41) is 0. The van der Waals surface area contributed by atoms with Crippen LogP contribution >= 0.6 is 0 Å². The molecule has 0 bridgehead atoms. The van der Waals surface area contributed by atoms with Crippen molar-refractivity contribution < 1.29 is 14.3 Å². The van der Waals surface area contributed by atoms with Crippen molar-refractivity contribution in [3.63, 3.8) is 0 Å². The van der Waals surface area contributed by atoms with Gasteiger partial charge in [-0.2, -0.15) is 0 Å². The molecule has 0 aromatic heterocycles. The standard InChI is InChI=1S/C16H24O3/c1-11-9-14(18-5)15(19-6)10-12(11)13(17)7-8-16(2,3)4/h9-10H,7-8H2,1-6H3. The van der Waals surface area contributed by atoms with Crippen molar-refractivity contribution in [1.82, 2.24) is 0 Å². The molecular formula is C16H24O3. The Hall–Kier alpha value is -1.51. The van der Waals surface area contributed by atoms with E-state index in [1.165, 1.54) is 0 Å². The molecule has 0 fully saturated rings. The molecule has 0 spiro atoms. The van der Waals surface area contributed by atoms with E-state index in [0.29, 0.717) is 17.9 Å². The van der Waals surface area contributed by atoms with Gasteiger partial charge in [0.25, 0.3) is 0 Å². The number of ether oxygens (including phenoxy) is 2. The van der Waals surface area contributed by atoms with Crippen LogP contribution < -0.4 is 9.47 Å². The van der Waals surface area contributed by atoms with Gasteiger partial charge in [-0.1, -0.05) is 20.8 Å². The van der Waals surface area contributed by atoms with Crippen molar-refractivity contribution >= 4 is 5.78 Å². The lowest BCUT2D eigenvalue weighted by molar-refractivity contribution is 0.0965. The molecule has 0 saturated carbocycles. The van der Waals surface area contributed by atoms with Crippen LogP contribution in [0.3, 0.4) is 0 Å². The Labute approximate surface area is 115 Å². The summed E-state index contributed by atoms with van der Waals surface area (Å²) in [5.41, 5.74) is 1.82. The highest BCUT2D eigenvalue weighted by Crippen LogP contribution is 2.31. The molecule has 0 radical (unpaired) electrons. The van der Waals surface area contributed by atoms with Crippen molar-refractivity contribution in [2.75, 3.05) is 14.2 Å². The largest absolute Gasteiger partial charge is 0.493 e. The Bertz CT molecular complexity index is 456. The van der Waals surface area contributed by atoms with Gasteiger partial charge in [-0.15, -0.1) is 0 Å². The average molecular weight is 264 g/mol. The van der Waals surface area contributed by atoms with Crippen LogP contribution in [0.15, 0.2) is 12.1 Å². The SMILES string of the molecule is COc1cc(C)c(C(=O)CCC(C)(C)C)cc1OC. The second kappa shape index (κ2) is 6.09. The summed E-state index contributed by atoms with van der Waals surface area (Å²) in [6, 6.07) is 3.63. The van der Waals surface area contributed by atoms with Crippen molar-refractivity contribution in [3.05, 3.63) is 23.3 Å². The Morgan fingerprint density at radius 1 is 1.11 bits per heavy atom. The minimum Gasteiger partial charge on any atom is -0.493 e. The number of hydrogen-bond acceptors (Lipinski definition) is 3. The predicted octanol–water partition coefficient (Wildman–Crippen LogP) is 4.02. The van der Waals surface area contributed by atoms with E-state index in [0.717, 1.165) is 17.5 Å². The zero-order valence-electron chi connectivity index (χ0n) is 12.8. The quantitative estimate of drug-likeness (QED) is 0.753. The maximum atomic E-state index is 12.3. The molecule has 0 aliphatic heterocycles. The van der Waals surface area contributed by atoms with Gasteiger partial charge in [0.2, 0.25) is 0 Å². The molecule has 1 rings (SSSR count).